The Labute approximate surface area is 98.7 Å². The summed E-state index contributed by atoms with van der Waals surface area (Å²) in [5, 5.41) is 12.2. The highest BCUT2D eigenvalue weighted by atomic mass is 16.2. The zero-order chi connectivity index (χ0) is 11.8. The number of anilines is 1. The van der Waals surface area contributed by atoms with Gasteiger partial charge in [0.15, 0.2) is 0 Å². The van der Waals surface area contributed by atoms with Crippen molar-refractivity contribution in [2.24, 2.45) is 0 Å². The van der Waals surface area contributed by atoms with Crippen molar-refractivity contribution in [1.82, 2.24) is 0 Å². The number of hydrogen-bond acceptors (Lipinski definition) is 2. The van der Waals surface area contributed by atoms with Gasteiger partial charge in [-0.05, 0) is 36.8 Å². The zero-order valence-corrected chi connectivity index (χ0v) is 10.4. The number of hydrogen-bond donors (Lipinski definition) is 2. The van der Waals surface area contributed by atoms with Crippen molar-refractivity contribution in [3.63, 3.8) is 0 Å². The van der Waals surface area contributed by atoms with E-state index in [0.29, 0.717) is 0 Å². The molecule has 0 spiro atoms. The minimum atomic E-state index is 0.289. The van der Waals surface area contributed by atoms with Crippen LogP contribution in [0, 0.1) is 0 Å². The van der Waals surface area contributed by atoms with E-state index in [9.17, 15) is 0 Å². The molecule has 0 fully saturated rings. The fourth-order valence-electron chi connectivity index (χ4n) is 1.92. The van der Waals surface area contributed by atoms with E-state index in [2.05, 4.69) is 37.4 Å². The molecule has 1 aromatic carbocycles. The lowest BCUT2D eigenvalue weighted by molar-refractivity contribution is 0.286. The van der Waals surface area contributed by atoms with E-state index in [1.165, 1.54) is 16.8 Å². The first-order chi connectivity index (χ1) is 7.83. The van der Waals surface area contributed by atoms with Crippen LogP contribution in [-0.4, -0.2) is 18.3 Å². The van der Waals surface area contributed by atoms with Crippen LogP contribution in [0.15, 0.2) is 18.2 Å². The van der Waals surface area contributed by atoms with E-state index in [-0.39, 0.29) is 6.61 Å². The van der Waals surface area contributed by atoms with E-state index in [0.717, 1.165) is 32.2 Å². The van der Waals surface area contributed by atoms with Crippen molar-refractivity contribution in [2.45, 2.75) is 39.5 Å². The predicted octanol–water partition coefficient (Wildman–Crippen LogP) is 3.00. The third-order valence-electron chi connectivity index (χ3n) is 2.89. The number of aryl methyl sites for hydroxylation is 2. The molecule has 0 unspecified atom stereocenters. The molecule has 0 aliphatic rings. The minimum Gasteiger partial charge on any atom is -0.396 e. The summed E-state index contributed by atoms with van der Waals surface area (Å²) in [6.07, 6.45) is 4.03. The van der Waals surface area contributed by atoms with Crippen LogP contribution >= 0.6 is 0 Å². The van der Waals surface area contributed by atoms with E-state index in [1.54, 1.807) is 0 Å². The van der Waals surface area contributed by atoms with Crippen molar-refractivity contribution in [1.29, 1.82) is 0 Å². The fourth-order valence-corrected chi connectivity index (χ4v) is 1.92. The number of rotatable bonds is 7. The van der Waals surface area contributed by atoms with Crippen LogP contribution in [0.2, 0.25) is 0 Å². The molecule has 16 heavy (non-hydrogen) atoms. The Bertz CT molecular complexity index is 287. The van der Waals surface area contributed by atoms with Crippen LogP contribution in [0.25, 0.3) is 0 Å². The summed E-state index contributed by atoms with van der Waals surface area (Å²) in [5.41, 5.74) is 4.09. The largest absolute Gasteiger partial charge is 0.396 e. The van der Waals surface area contributed by atoms with Crippen molar-refractivity contribution in [2.75, 3.05) is 18.5 Å². The predicted molar refractivity (Wildman–Crippen MR) is 70.0 cm³/mol. The van der Waals surface area contributed by atoms with Crippen molar-refractivity contribution < 1.29 is 5.11 Å². The third-order valence-corrected chi connectivity index (χ3v) is 2.89. The lowest BCUT2D eigenvalue weighted by Gasteiger charge is -2.15. The molecule has 0 radical (unpaired) electrons. The molecule has 0 aliphatic carbocycles. The maximum Gasteiger partial charge on any atom is 0.0431 e. The highest BCUT2D eigenvalue weighted by Crippen LogP contribution is 2.22. The van der Waals surface area contributed by atoms with Crippen molar-refractivity contribution >= 4 is 5.69 Å². The number of aliphatic hydroxyl groups excluding tert-OH is 1. The van der Waals surface area contributed by atoms with Gasteiger partial charge in [0.1, 0.15) is 0 Å². The average molecular weight is 221 g/mol. The molecule has 90 valence electrons. The van der Waals surface area contributed by atoms with Crippen molar-refractivity contribution in [3.05, 3.63) is 29.3 Å². The summed E-state index contributed by atoms with van der Waals surface area (Å²) in [6.45, 7) is 5.61. The Hall–Kier alpha value is -1.02. The normalized spacial score (nSPS) is 10.4. The molecule has 0 bridgehead atoms. The van der Waals surface area contributed by atoms with Gasteiger partial charge in [0, 0.05) is 18.8 Å². The van der Waals surface area contributed by atoms with Gasteiger partial charge in [0.2, 0.25) is 0 Å². The molecule has 0 aliphatic heterocycles. The van der Waals surface area contributed by atoms with Crippen LogP contribution in [0.1, 0.15) is 37.8 Å². The number of para-hydroxylation sites is 1. The van der Waals surface area contributed by atoms with Gasteiger partial charge in [-0.25, -0.2) is 0 Å². The Kier molecular flexibility index (Phi) is 5.94. The molecular weight excluding hydrogens is 198 g/mol. The summed E-state index contributed by atoms with van der Waals surface area (Å²) < 4.78 is 0. The summed E-state index contributed by atoms with van der Waals surface area (Å²) in [4.78, 5) is 0. The van der Waals surface area contributed by atoms with Gasteiger partial charge in [-0.2, -0.15) is 0 Å². The molecule has 1 rings (SSSR count). The molecule has 0 aromatic heterocycles. The van der Waals surface area contributed by atoms with Gasteiger partial charge in [-0.1, -0.05) is 32.0 Å². The molecule has 2 nitrogen and oxygen atoms in total. The second kappa shape index (κ2) is 7.29. The molecule has 0 amide bonds. The van der Waals surface area contributed by atoms with E-state index in [4.69, 9.17) is 5.11 Å². The van der Waals surface area contributed by atoms with Crippen LogP contribution in [0.4, 0.5) is 5.69 Å². The van der Waals surface area contributed by atoms with Crippen LogP contribution in [0.3, 0.4) is 0 Å². The van der Waals surface area contributed by atoms with E-state index in [1.807, 2.05) is 0 Å². The van der Waals surface area contributed by atoms with Gasteiger partial charge in [-0.3, -0.25) is 0 Å². The Morgan fingerprint density at radius 2 is 1.69 bits per heavy atom. The first-order valence-electron chi connectivity index (χ1n) is 6.29. The second-order valence-electron chi connectivity index (χ2n) is 4.02. The van der Waals surface area contributed by atoms with Crippen LogP contribution in [-0.2, 0) is 12.8 Å². The third kappa shape index (κ3) is 3.53. The quantitative estimate of drug-likeness (QED) is 0.694. The summed E-state index contributed by atoms with van der Waals surface area (Å²) in [6, 6.07) is 6.51. The Morgan fingerprint density at radius 3 is 2.19 bits per heavy atom. The van der Waals surface area contributed by atoms with Gasteiger partial charge in [0.25, 0.3) is 0 Å². The smallest absolute Gasteiger partial charge is 0.0431 e. The van der Waals surface area contributed by atoms with Crippen LogP contribution in [0.5, 0.6) is 0 Å². The molecule has 0 heterocycles. The number of nitrogens with one attached hydrogen (secondary N) is 1. The standard InChI is InChI=1S/C14H23NO/c1-3-12-8-7-9-13(4-2)14(12)15-10-5-6-11-16/h7-9,15-16H,3-6,10-11H2,1-2H3. The van der Waals surface area contributed by atoms with Gasteiger partial charge in [-0.15, -0.1) is 0 Å². The summed E-state index contributed by atoms with van der Waals surface area (Å²) >= 11 is 0. The molecule has 0 saturated heterocycles. The number of benzene rings is 1. The maximum absolute atomic E-state index is 8.74. The second-order valence-corrected chi connectivity index (χ2v) is 4.02. The number of unbranched alkanes of at least 4 members (excludes halogenated alkanes) is 1. The van der Waals surface area contributed by atoms with Crippen molar-refractivity contribution in [3.8, 4) is 0 Å². The maximum atomic E-state index is 8.74. The monoisotopic (exact) mass is 221 g/mol. The van der Waals surface area contributed by atoms with Gasteiger partial charge < -0.3 is 10.4 Å². The first-order valence-corrected chi connectivity index (χ1v) is 6.29. The van der Waals surface area contributed by atoms with E-state index < -0.39 is 0 Å². The van der Waals surface area contributed by atoms with Gasteiger partial charge in [0.05, 0.1) is 0 Å². The molecular formula is C14H23NO. The van der Waals surface area contributed by atoms with Crippen LogP contribution < -0.4 is 5.32 Å². The van der Waals surface area contributed by atoms with Gasteiger partial charge >= 0.3 is 0 Å². The minimum absolute atomic E-state index is 0.289. The molecule has 2 heteroatoms. The summed E-state index contributed by atoms with van der Waals surface area (Å²) in [7, 11) is 0. The topological polar surface area (TPSA) is 32.3 Å². The van der Waals surface area contributed by atoms with E-state index >= 15 is 0 Å². The molecule has 0 saturated carbocycles. The Morgan fingerprint density at radius 1 is 1.06 bits per heavy atom. The molecule has 2 N–H and O–H groups in total. The molecule has 0 atom stereocenters. The fraction of sp³-hybridized carbons (Fsp3) is 0.571. The highest BCUT2D eigenvalue weighted by molar-refractivity contribution is 5.57. The first kappa shape index (κ1) is 13.0. The SMILES string of the molecule is CCc1cccc(CC)c1NCCCCO. The summed E-state index contributed by atoms with van der Waals surface area (Å²) in [5.74, 6) is 0. The zero-order valence-electron chi connectivity index (χ0n) is 10.4. The average Bonchev–Trinajstić information content (AvgIpc) is 2.34. The Balaban J connectivity index is 2.67. The highest BCUT2D eigenvalue weighted by Gasteiger charge is 2.04. The number of aliphatic hydroxyl groups is 1. The molecule has 1 aromatic rings. The lowest BCUT2D eigenvalue weighted by Crippen LogP contribution is -2.07. The lowest BCUT2D eigenvalue weighted by atomic mass is 10.0.